The van der Waals surface area contributed by atoms with E-state index in [1.807, 2.05) is 0 Å². The van der Waals surface area contributed by atoms with Gasteiger partial charge in [-0.2, -0.15) is 0 Å². The summed E-state index contributed by atoms with van der Waals surface area (Å²) in [6.07, 6.45) is -42.3. The predicted molar refractivity (Wildman–Crippen MR) is 190 cm³/mol. The average Bonchev–Trinajstić information content (AvgIpc) is 3.23. The molecule has 25 atom stereocenters. The van der Waals surface area contributed by atoms with Crippen LogP contribution < -0.4 is 10.6 Å². The first kappa shape index (κ1) is 51.0. The van der Waals surface area contributed by atoms with Crippen LogP contribution in [0.2, 0.25) is 0 Å². The summed E-state index contributed by atoms with van der Waals surface area (Å²) in [5, 5.41) is 163. The number of aliphatic hydroxyl groups excluding tert-OH is 15. The summed E-state index contributed by atoms with van der Waals surface area (Å²) in [4.78, 5) is 24.6. The maximum absolute atomic E-state index is 12.6. The molecule has 28 heteroatoms. The van der Waals surface area contributed by atoms with Crippen LogP contribution in [0.15, 0.2) is 0 Å². The number of rotatable bonds is 15. The quantitative estimate of drug-likeness (QED) is 0.0725. The van der Waals surface area contributed by atoms with Crippen molar-refractivity contribution < 1.29 is 129 Å². The van der Waals surface area contributed by atoms with Crippen molar-refractivity contribution in [2.75, 3.05) is 33.0 Å². The second kappa shape index (κ2) is 22.0. The first-order chi connectivity index (χ1) is 29.3. The van der Waals surface area contributed by atoms with Crippen molar-refractivity contribution in [3.05, 3.63) is 0 Å². The molecule has 0 spiro atoms. The standard InChI is InChI=1S/C34H58N2O26/c1-8(42)35-15-20(47)17(44)10(3-37)55-31(15)61-28-16(36-9(2)43)32(56-11(4-38)18(28)45)62-29-19(46)12(5-39)57-34(25(29)52)60-27-14(7-41)58-33(24(51)22(27)49)59-26-13(6-40)54-30(53)23(50)21(26)48/h10-34,37-41,44-53H,3-7H2,1-2H3,(H,35,42)(H,36,43)/t10-,11-,12-,13-,14-,15-,16-,17+,18+,19+,20-,21-,22-,23-,24-,25-,26-,27+,28-,29+,30?,31+,32+,33+,34-/m1/s1. The van der Waals surface area contributed by atoms with E-state index in [0.717, 1.165) is 13.8 Å². The van der Waals surface area contributed by atoms with Gasteiger partial charge < -0.3 is 130 Å². The van der Waals surface area contributed by atoms with Crippen LogP contribution in [0.5, 0.6) is 0 Å². The lowest BCUT2D eigenvalue weighted by molar-refractivity contribution is -0.387. The zero-order chi connectivity index (χ0) is 45.9. The molecule has 0 bridgehead atoms. The Morgan fingerprint density at radius 2 is 0.758 bits per heavy atom. The fraction of sp³-hybridized carbons (Fsp3) is 0.941. The summed E-state index contributed by atoms with van der Waals surface area (Å²) < 4.78 is 50.8. The highest BCUT2D eigenvalue weighted by molar-refractivity contribution is 5.73. The molecule has 28 nitrogen and oxygen atoms in total. The number of hydrogen-bond donors (Lipinski definition) is 17. The SMILES string of the molecule is CC(=O)N[C@H]1[C@H](O[C@H]2[C@@H](O)[C@@H](CO)O[C@@H](O[C@H]3[C@@H](O)[C@@H](CO)O[C@H](O[C@@H]4[C@H](O)[C@@H](O)[C@H](O[C@H]5[C@H](O)[C@@H](O)C(O)O[C@@H]5CO)O[C@@H]4CO)[C@@H]3O)[C@@H]2NC(C)=O)O[C@H](CO)[C@H](O)[C@@H]1O. The number of carbonyl (C=O) groups is 2. The normalized spacial score (nSPS) is 49.0. The highest BCUT2D eigenvalue weighted by atomic mass is 16.8. The molecule has 0 aromatic heterocycles. The van der Waals surface area contributed by atoms with Crippen molar-refractivity contribution in [3.8, 4) is 0 Å². The van der Waals surface area contributed by atoms with Crippen molar-refractivity contribution in [1.82, 2.24) is 10.6 Å². The van der Waals surface area contributed by atoms with Crippen molar-refractivity contribution in [2.45, 2.75) is 167 Å². The summed E-state index contributed by atoms with van der Waals surface area (Å²) in [5.74, 6) is -1.54. The Hall–Kier alpha value is -2.02. The zero-order valence-electron chi connectivity index (χ0n) is 33.2. The maximum Gasteiger partial charge on any atom is 0.217 e. The third-order valence-electron chi connectivity index (χ3n) is 11.1. The van der Waals surface area contributed by atoms with E-state index in [0.29, 0.717) is 0 Å². The molecule has 2 amide bonds. The number of hydrogen-bond acceptors (Lipinski definition) is 26. The molecule has 5 aliphatic rings. The molecule has 0 radical (unpaired) electrons. The van der Waals surface area contributed by atoms with E-state index in [1.54, 1.807) is 0 Å². The van der Waals surface area contributed by atoms with Crippen LogP contribution in [0, 0.1) is 0 Å². The average molecular weight is 911 g/mol. The van der Waals surface area contributed by atoms with Crippen molar-refractivity contribution in [1.29, 1.82) is 0 Å². The molecule has 62 heavy (non-hydrogen) atoms. The van der Waals surface area contributed by atoms with Crippen molar-refractivity contribution >= 4 is 11.8 Å². The minimum atomic E-state index is -2.16. The predicted octanol–water partition coefficient (Wildman–Crippen LogP) is -11.6. The summed E-state index contributed by atoms with van der Waals surface area (Å²) in [6, 6.07) is -3.23. The highest BCUT2D eigenvalue weighted by Gasteiger charge is 2.57. The molecule has 0 aliphatic carbocycles. The van der Waals surface area contributed by atoms with Crippen LogP contribution in [0.4, 0.5) is 0 Å². The number of nitrogens with one attached hydrogen (secondary N) is 2. The minimum Gasteiger partial charge on any atom is -0.394 e. The Morgan fingerprint density at radius 3 is 1.27 bits per heavy atom. The molecule has 5 rings (SSSR count). The summed E-state index contributed by atoms with van der Waals surface area (Å²) in [7, 11) is 0. The van der Waals surface area contributed by atoms with Gasteiger partial charge in [-0.3, -0.25) is 9.59 Å². The van der Waals surface area contributed by atoms with E-state index < -0.39 is 198 Å². The molecule has 0 aromatic rings. The van der Waals surface area contributed by atoms with E-state index in [9.17, 15) is 86.2 Å². The van der Waals surface area contributed by atoms with E-state index in [1.165, 1.54) is 0 Å². The van der Waals surface area contributed by atoms with Gasteiger partial charge in [-0.1, -0.05) is 0 Å². The molecule has 5 aliphatic heterocycles. The molecule has 5 saturated heterocycles. The fourth-order valence-corrected chi connectivity index (χ4v) is 7.83. The Morgan fingerprint density at radius 1 is 0.387 bits per heavy atom. The molecule has 360 valence electrons. The molecule has 0 saturated carbocycles. The van der Waals surface area contributed by atoms with E-state index in [2.05, 4.69) is 10.6 Å². The number of aliphatic hydroxyl groups is 15. The van der Waals surface area contributed by atoms with Crippen LogP contribution in [0.1, 0.15) is 13.8 Å². The van der Waals surface area contributed by atoms with Gasteiger partial charge in [0.1, 0.15) is 122 Å². The third kappa shape index (κ3) is 10.8. The van der Waals surface area contributed by atoms with E-state index in [-0.39, 0.29) is 0 Å². The van der Waals surface area contributed by atoms with Crippen molar-refractivity contribution in [2.24, 2.45) is 0 Å². The second-order valence-electron chi connectivity index (χ2n) is 15.4. The van der Waals surface area contributed by atoms with E-state index in [4.69, 9.17) is 42.6 Å². The van der Waals surface area contributed by atoms with Gasteiger partial charge in [-0.25, -0.2) is 0 Å². The third-order valence-corrected chi connectivity index (χ3v) is 11.1. The van der Waals surface area contributed by atoms with Gasteiger partial charge in [0.15, 0.2) is 31.5 Å². The Balaban J connectivity index is 1.38. The smallest absolute Gasteiger partial charge is 0.217 e. The van der Waals surface area contributed by atoms with Gasteiger partial charge >= 0.3 is 0 Å². The van der Waals surface area contributed by atoms with Gasteiger partial charge in [0, 0.05) is 13.8 Å². The molecule has 5 fully saturated rings. The maximum atomic E-state index is 12.6. The lowest BCUT2D eigenvalue weighted by atomic mass is 9.93. The van der Waals surface area contributed by atoms with Crippen LogP contribution in [-0.2, 0) is 52.2 Å². The molecule has 17 N–H and O–H groups in total. The Kier molecular flexibility index (Phi) is 18.1. The molecule has 0 aromatic carbocycles. The van der Waals surface area contributed by atoms with Crippen LogP contribution >= 0.6 is 0 Å². The summed E-state index contributed by atoms with van der Waals surface area (Å²) in [5.41, 5.74) is 0. The van der Waals surface area contributed by atoms with Gasteiger partial charge in [-0.15, -0.1) is 0 Å². The van der Waals surface area contributed by atoms with Crippen LogP contribution in [0.25, 0.3) is 0 Å². The Bertz CT molecular complexity index is 1440. The number of amides is 2. The number of ether oxygens (including phenoxy) is 9. The van der Waals surface area contributed by atoms with E-state index >= 15 is 0 Å². The molecular formula is C34H58N2O26. The topological polar surface area (TPSA) is 445 Å². The minimum absolute atomic E-state index is 0.730. The van der Waals surface area contributed by atoms with Crippen LogP contribution in [0.3, 0.4) is 0 Å². The van der Waals surface area contributed by atoms with Gasteiger partial charge in [0.25, 0.3) is 0 Å². The highest BCUT2D eigenvalue weighted by Crippen LogP contribution is 2.36. The monoisotopic (exact) mass is 910 g/mol. The van der Waals surface area contributed by atoms with Gasteiger partial charge in [0.05, 0.1) is 33.0 Å². The van der Waals surface area contributed by atoms with Crippen molar-refractivity contribution in [3.63, 3.8) is 0 Å². The fourth-order valence-electron chi connectivity index (χ4n) is 7.83. The molecule has 1 unspecified atom stereocenters. The lowest BCUT2D eigenvalue weighted by Gasteiger charge is -2.50. The number of carbonyl (C=O) groups excluding carboxylic acids is 2. The summed E-state index contributed by atoms with van der Waals surface area (Å²) in [6.45, 7) is -2.53. The second-order valence-corrected chi connectivity index (χ2v) is 15.4. The molecular weight excluding hydrogens is 852 g/mol. The first-order valence-corrected chi connectivity index (χ1v) is 19.6. The van der Waals surface area contributed by atoms with Gasteiger partial charge in [-0.05, 0) is 0 Å². The van der Waals surface area contributed by atoms with Gasteiger partial charge in [0.2, 0.25) is 11.8 Å². The Labute approximate surface area is 351 Å². The summed E-state index contributed by atoms with van der Waals surface area (Å²) >= 11 is 0. The zero-order valence-corrected chi connectivity index (χ0v) is 33.2. The van der Waals surface area contributed by atoms with Crippen LogP contribution in [-0.4, -0.2) is 275 Å². The first-order valence-electron chi connectivity index (χ1n) is 19.6. The lowest BCUT2D eigenvalue weighted by Crippen LogP contribution is -2.71. The largest absolute Gasteiger partial charge is 0.394 e. The molecule has 5 heterocycles.